The third-order valence-corrected chi connectivity index (χ3v) is 1.86. The fraction of sp³-hybridized carbons (Fsp3) is 0.250. The lowest BCUT2D eigenvalue weighted by atomic mass is 10.4. The molecule has 0 aliphatic rings. The fourth-order valence-electron chi connectivity index (χ4n) is 1.11. The van der Waals surface area contributed by atoms with Gasteiger partial charge < -0.3 is 5.32 Å². The number of aryl methyl sites for hydroxylation is 1. The van der Waals surface area contributed by atoms with Crippen LogP contribution in [-0.2, 0) is 6.54 Å². The lowest BCUT2D eigenvalue weighted by Gasteiger charge is -1.97. The van der Waals surface area contributed by atoms with Gasteiger partial charge in [0.2, 0.25) is 0 Å². The van der Waals surface area contributed by atoms with Crippen molar-refractivity contribution in [2.75, 3.05) is 5.32 Å². The first-order valence-corrected chi connectivity index (χ1v) is 4.49. The van der Waals surface area contributed by atoms with E-state index in [2.05, 4.69) is 25.8 Å². The maximum Gasteiger partial charge on any atom is 0.277 e. The van der Waals surface area contributed by atoms with E-state index in [4.69, 9.17) is 0 Å². The maximum atomic E-state index is 11.5. The molecule has 0 bridgehead atoms. The normalized spacial score (nSPS) is 10.2. The minimum absolute atomic E-state index is 0.249. The lowest BCUT2D eigenvalue weighted by Crippen LogP contribution is -2.11. The van der Waals surface area contributed by atoms with Gasteiger partial charge in [-0.05, 0) is 6.92 Å². The smallest absolute Gasteiger partial charge is 0.277 e. The molecule has 0 radical (unpaired) electrons. The van der Waals surface area contributed by atoms with Crippen LogP contribution in [0.4, 0.5) is 5.69 Å². The third-order valence-electron chi connectivity index (χ3n) is 1.86. The first-order chi connectivity index (χ1) is 7.29. The standard InChI is InChI=1S/C8H10N6O/c1-2-14-5-6(3-10-14)11-8(15)7-4-9-13-12-7/h3-5H,2H2,1H3,(H,11,15)(H,9,12,13). The molecule has 2 rings (SSSR count). The molecular weight excluding hydrogens is 196 g/mol. The summed E-state index contributed by atoms with van der Waals surface area (Å²) in [5.74, 6) is -0.306. The second-order valence-corrected chi connectivity index (χ2v) is 2.89. The van der Waals surface area contributed by atoms with E-state index in [1.807, 2.05) is 6.92 Å². The largest absolute Gasteiger partial charge is 0.318 e. The molecule has 2 heterocycles. The van der Waals surface area contributed by atoms with E-state index in [-0.39, 0.29) is 11.6 Å². The number of aromatic nitrogens is 5. The molecule has 0 saturated heterocycles. The van der Waals surface area contributed by atoms with Crippen molar-refractivity contribution in [1.82, 2.24) is 25.2 Å². The van der Waals surface area contributed by atoms with E-state index in [9.17, 15) is 4.79 Å². The molecule has 15 heavy (non-hydrogen) atoms. The number of carbonyl (C=O) groups is 1. The Morgan fingerprint density at radius 3 is 3.07 bits per heavy atom. The molecule has 0 saturated carbocycles. The first kappa shape index (κ1) is 9.38. The molecule has 2 aromatic heterocycles. The Hall–Kier alpha value is -2.18. The highest BCUT2D eigenvalue weighted by atomic mass is 16.2. The number of hydrogen-bond donors (Lipinski definition) is 2. The zero-order valence-corrected chi connectivity index (χ0v) is 8.14. The van der Waals surface area contributed by atoms with Crippen molar-refractivity contribution in [3.05, 3.63) is 24.3 Å². The zero-order valence-electron chi connectivity index (χ0n) is 8.14. The van der Waals surface area contributed by atoms with E-state index >= 15 is 0 Å². The number of nitrogens with one attached hydrogen (secondary N) is 2. The van der Waals surface area contributed by atoms with Crippen LogP contribution in [0.25, 0.3) is 0 Å². The predicted octanol–water partition coefficient (Wildman–Crippen LogP) is 0.273. The van der Waals surface area contributed by atoms with Crippen LogP contribution < -0.4 is 5.32 Å². The maximum absolute atomic E-state index is 11.5. The molecule has 0 unspecified atom stereocenters. The number of rotatable bonds is 3. The van der Waals surface area contributed by atoms with Crippen LogP contribution in [0, 0.1) is 0 Å². The van der Waals surface area contributed by atoms with Gasteiger partial charge in [0.1, 0.15) is 0 Å². The minimum Gasteiger partial charge on any atom is -0.318 e. The van der Waals surface area contributed by atoms with Crippen molar-refractivity contribution in [1.29, 1.82) is 0 Å². The number of amides is 1. The number of H-pyrrole nitrogens is 1. The van der Waals surface area contributed by atoms with E-state index < -0.39 is 0 Å². The molecule has 0 aliphatic heterocycles. The number of aromatic amines is 1. The molecular formula is C8H10N6O. The SMILES string of the molecule is CCn1cc(NC(=O)c2cn[nH]n2)cn1. The highest BCUT2D eigenvalue weighted by Gasteiger charge is 2.09. The summed E-state index contributed by atoms with van der Waals surface area (Å²) < 4.78 is 1.72. The van der Waals surface area contributed by atoms with E-state index in [0.29, 0.717) is 5.69 Å². The number of carbonyl (C=O) groups excluding carboxylic acids is 1. The summed E-state index contributed by atoms with van der Waals surface area (Å²) in [5, 5.41) is 16.3. The topological polar surface area (TPSA) is 88.5 Å². The van der Waals surface area contributed by atoms with Crippen LogP contribution in [0.5, 0.6) is 0 Å². The molecule has 0 fully saturated rings. The Bertz CT molecular complexity index is 445. The van der Waals surface area contributed by atoms with Gasteiger partial charge in [0.05, 0.1) is 18.1 Å². The second kappa shape index (κ2) is 3.91. The van der Waals surface area contributed by atoms with Crippen LogP contribution in [0.1, 0.15) is 17.4 Å². The second-order valence-electron chi connectivity index (χ2n) is 2.89. The van der Waals surface area contributed by atoms with Crippen molar-refractivity contribution in [2.24, 2.45) is 0 Å². The summed E-state index contributed by atoms with van der Waals surface area (Å²) in [4.78, 5) is 11.5. The van der Waals surface area contributed by atoms with Crippen molar-refractivity contribution in [3.8, 4) is 0 Å². The molecule has 0 aliphatic carbocycles. The molecule has 0 atom stereocenters. The van der Waals surface area contributed by atoms with Crippen LogP contribution >= 0.6 is 0 Å². The molecule has 2 N–H and O–H groups in total. The van der Waals surface area contributed by atoms with Gasteiger partial charge in [-0.15, -0.1) is 0 Å². The summed E-state index contributed by atoms with van der Waals surface area (Å²) in [7, 11) is 0. The number of nitrogens with zero attached hydrogens (tertiary/aromatic N) is 4. The third kappa shape index (κ3) is 2.01. The Labute approximate surface area is 85.5 Å². The minimum atomic E-state index is -0.306. The Morgan fingerprint density at radius 2 is 2.47 bits per heavy atom. The van der Waals surface area contributed by atoms with Gasteiger partial charge in [-0.25, -0.2) is 0 Å². The quantitative estimate of drug-likeness (QED) is 0.754. The van der Waals surface area contributed by atoms with Crippen molar-refractivity contribution in [2.45, 2.75) is 13.5 Å². The average molecular weight is 206 g/mol. The molecule has 7 nitrogen and oxygen atoms in total. The molecule has 78 valence electrons. The van der Waals surface area contributed by atoms with Crippen LogP contribution in [0.3, 0.4) is 0 Å². The van der Waals surface area contributed by atoms with Gasteiger partial charge in [-0.2, -0.15) is 20.5 Å². The number of anilines is 1. The van der Waals surface area contributed by atoms with Crippen LogP contribution in [0.15, 0.2) is 18.6 Å². The van der Waals surface area contributed by atoms with Crippen molar-refractivity contribution in [3.63, 3.8) is 0 Å². The van der Waals surface area contributed by atoms with E-state index in [1.165, 1.54) is 6.20 Å². The molecule has 2 aromatic rings. The van der Waals surface area contributed by atoms with E-state index in [0.717, 1.165) is 6.54 Å². The fourth-order valence-corrected chi connectivity index (χ4v) is 1.11. The van der Waals surface area contributed by atoms with Crippen LogP contribution in [0.2, 0.25) is 0 Å². The average Bonchev–Trinajstić information content (AvgIpc) is 2.87. The van der Waals surface area contributed by atoms with Gasteiger partial charge in [0.15, 0.2) is 5.69 Å². The monoisotopic (exact) mass is 206 g/mol. The summed E-state index contributed by atoms with van der Waals surface area (Å²) >= 11 is 0. The summed E-state index contributed by atoms with van der Waals surface area (Å²) in [6.07, 6.45) is 4.69. The molecule has 7 heteroatoms. The van der Waals surface area contributed by atoms with E-state index in [1.54, 1.807) is 17.1 Å². The van der Waals surface area contributed by atoms with Crippen molar-refractivity contribution < 1.29 is 4.79 Å². The molecule has 0 spiro atoms. The van der Waals surface area contributed by atoms with Crippen LogP contribution in [-0.4, -0.2) is 31.1 Å². The first-order valence-electron chi connectivity index (χ1n) is 4.49. The predicted molar refractivity (Wildman–Crippen MR) is 52.2 cm³/mol. The molecule has 0 aromatic carbocycles. The highest BCUT2D eigenvalue weighted by molar-refractivity contribution is 6.02. The lowest BCUT2D eigenvalue weighted by molar-refractivity contribution is 0.102. The summed E-state index contributed by atoms with van der Waals surface area (Å²) in [6, 6.07) is 0. The zero-order chi connectivity index (χ0) is 10.7. The number of hydrogen-bond acceptors (Lipinski definition) is 4. The highest BCUT2D eigenvalue weighted by Crippen LogP contribution is 2.06. The molecule has 1 amide bonds. The Balaban J connectivity index is 2.06. The van der Waals surface area contributed by atoms with Gasteiger partial charge in [-0.3, -0.25) is 9.48 Å². The van der Waals surface area contributed by atoms with Crippen molar-refractivity contribution >= 4 is 11.6 Å². The van der Waals surface area contributed by atoms with Gasteiger partial charge in [0, 0.05) is 12.7 Å². The summed E-state index contributed by atoms with van der Waals surface area (Å²) in [5.41, 5.74) is 0.893. The van der Waals surface area contributed by atoms with Gasteiger partial charge in [-0.1, -0.05) is 0 Å². The van der Waals surface area contributed by atoms with Gasteiger partial charge >= 0.3 is 0 Å². The van der Waals surface area contributed by atoms with Gasteiger partial charge in [0.25, 0.3) is 5.91 Å². The Kier molecular flexibility index (Phi) is 2.44. The summed E-state index contributed by atoms with van der Waals surface area (Å²) in [6.45, 7) is 2.73. The Morgan fingerprint density at radius 1 is 1.60 bits per heavy atom.